The van der Waals surface area contributed by atoms with Gasteiger partial charge in [0.2, 0.25) is 0 Å². The second-order valence-corrected chi connectivity index (χ2v) is 5.26. The zero-order chi connectivity index (χ0) is 12.7. The van der Waals surface area contributed by atoms with Gasteiger partial charge in [0.1, 0.15) is 12.4 Å². The highest BCUT2D eigenvalue weighted by molar-refractivity contribution is 7.99. The molecule has 0 fully saturated rings. The van der Waals surface area contributed by atoms with Gasteiger partial charge in [-0.1, -0.05) is 25.7 Å². The Bertz CT molecular complexity index is 420. The molecule has 0 aliphatic rings. The molecule has 3 heteroatoms. The molecule has 0 saturated carbocycles. The highest BCUT2D eigenvalue weighted by Crippen LogP contribution is 2.21. The molecule has 1 N–H and O–H groups in total. The summed E-state index contributed by atoms with van der Waals surface area (Å²) >= 11 is 1.81. The van der Waals surface area contributed by atoms with Crippen LogP contribution in [0.4, 0.5) is 4.39 Å². The fourth-order valence-corrected chi connectivity index (χ4v) is 2.18. The Hall–Kier alpha value is -0.980. The number of thioether (sulfide) groups is 1. The number of rotatable bonds is 4. The van der Waals surface area contributed by atoms with Crippen molar-refractivity contribution < 1.29 is 9.50 Å². The van der Waals surface area contributed by atoms with E-state index in [1.54, 1.807) is 17.8 Å². The van der Waals surface area contributed by atoms with Gasteiger partial charge in [-0.25, -0.2) is 4.39 Å². The smallest absolute Gasteiger partial charge is 0.124 e. The van der Waals surface area contributed by atoms with E-state index in [0.717, 1.165) is 17.7 Å². The van der Waals surface area contributed by atoms with Crippen molar-refractivity contribution in [1.82, 2.24) is 0 Å². The van der Waals surface area contributed by atoms with Crippen LogP contribution >= 0.6 is 11.8 Å². The third-order valence-corrected chi connectivity index (χ3v) is 3.78. The fourth-order valence-electron chi connectivity index (χ4n) is 1.30. The molecule has 1 unspecified atom stereocenters. The van der Waals surface area contributed by atoms with Gasteiger partial charge in [0, 0.05) is 16.6 Å². The topological polar surface area (TPSA) is 20.2 Å². The van der Waals surface area contributed by atoms with Crippen molar-refractivity contribution in [2.45, 2.75) is 31.3 Å². The zero-order valence-electron chi connectivity index (χ0n) is 10.2. The Kier molecular flexibility index (Phi) is 6.10. The van der Waals surface area contributed by atoms with Crippen molar-refractivity contribution in [3.05, 3.63) is 35.1 Å². The van der Waals surface area contributed by atoms with Crippen LogP contribution in [0, 0.1) is 17.7 Å². The van der Waals surface area contributed by atoms with Crippen LogP contribution < -0.4 is 0 Å². The van der Waals surface area contributed by atoms with Crippen LogP contribution in [-0.2, 0) is 5.75 Å². The molecule has 0 spiro atoms. The first-order chi connectivity index (χ1) is 8.15. The lowest BCUT2D eigenvalue weighted by Crippen LogP contribution is -1.94. The quantitative estimate of drug-likeness (QED) is 0.830. The average Bonchev–Trinajstić information content (AvgIpc) is 2.32. The lowest BCUT2D eigenvalue weighted by atomic mass is 10.1. The minimum Gasteiger partial charge on any atom is -0.384 e. The molecular formula is C14H17FOS. The Labute approximate surface area is 106 Å². The maximum Gasteiger partial charge on any atom is 0.124 e. The number of halogens is 1. The van der Waals surface area contributed by atoms with Crippen molar-refractivity contribution in [3.8, 4) is 11.8 Å². The van der Waals surface area contributed by atoms with E-state index in [2.05, 4.69) is 25.7 Å². The molecule has 1 nitrogen and oxygen atoms in total. The predicted molar refractivity (Wildman–Crippen MR) is 71.4 cm³/mol. The highest BCUT2D eigenvalue weighted by Gasteiger charge is 2.03. The van der Waals surface area contributed by atoms with Gasteiger partial charge in [0.05, 0.1) is 0 Å². The largest absolute Gasteiger partial charge is 0.384 e. The van der Waals surface area contributed by atoms with Gasteiger partial charge < -0.3 is 5.11 Å². The molecule has 0 aromatic heterocycles. The normalized spacial score (nSPS) is 11.8. The maximum atomic E-state index is 13.3. The van der Waals surface area contributed by atoms with E-state index in [9.17, 15) is 4.39 Å². The van der Waals surface area contributed by atoms with E-state index >= 15 is 0 Å². The van der Waals surface area contributed by atoms with Gasteiger partial charge in [-0.05, 0) is 30.2 Å². The molecule has 0 amide bonds. The van der Waals surface area contributed by atoms with Gasteiger partial charge in [0.15, 0.2) is 0 Å². The van der Waals surface area contributed by atoms with Gasteiger partial charge in [-0.15, -0.1) is 0 Å². The van der Waals surface area contributed by atoms with Crippen LogP contribution in [-0.4, -0.2) is 17.0 Å². The van der Waals surface area contributed by atoms with Crippen LogP contribution in [0.5, 0.6) is 0 Å². The van der Waals surface area contributed by atoms with Crippen molar-refractivity contribution in [3.63, 3.8) is 0 Å². The maximum absolute atomic E-state index is 13.3. The summed E-state index contributed by atoms with van der Waals surface area (Å²) in [4.78, 5) is 0. The Morgan fingerprint density at radius 2 is 2.18 bits per heavy atom. The second-order valence-electron chi connectivity index (χ2n) is 3.84. The predicted octanol–water partition coefficient (Wildman–Crippen LogP) is 3.20. The third-order valence-electron chi connectivity index (χ3n) is 2.38. The number of hydrogen-bond donors (Lipinski definition) is 1. The van der Waals surface area contributed by atoms with Crippen LogP contribution in [0.1, 0.15) is 31.4 Å². The summed E-state index contributed by atoms with van der Waals surface area (Å²) in [5.74, 6) is 5.78. The van der Waals surface area contributed by atoms with Crippen LogP contribution in [0.25, 0.3) is 0 Å². The minimum absolute atomic E-state index is 0.201. The first-order valence-electron chi connectivity index (χ1n) is 5.66. The zero-order valence-corrected chi connectivity index (χ0v) is 11.0. The number of benzene rings is 1. The van der Waals surface area contributed by atoms with E-state index < -0.39 is 0 Å². The molecule has 0 aliphatic carbocycles. The van der Waals surface area contributed by atoms with Gasteiger partial charge >= 0.3 is 0 Å². The third kappa shape index (κ3) is 5.25. The molecule has 92 valence electrons. The first-order valence-corrected chi connectivity index (χ1v) is 6.71. The van der Waals surface area contributed by atoms with Crippen LogP contribution in [0.2, 0.25) is 0 Å². The second kappa shape index (κ2) is 7.37. The SMILES string of the molecule is CCC(C)SCc1cc(F)cc(C#CCO)c1. The number of hydrogen-bond acceptors (Lipinski definition) is 2. The Morgan fingerprint density at radius 1 is 1.41 bits per heavy atom. The lowest BCUT2D eigenvalue weighted by Gasteiger charge is -2.08. The van der Waals surface area contributed by atoms with E-state index in [1.807, 2.05) is 6.07 Å². The summed E-state index contributed by atoms with van der Waals surface area (Å²) in [6.07, 6.45) is 1.11. The summed E-state index contributed by atoms with van der Waals surface area (Å²) in [5, 5.41) is 9.18. The van der Waals surface area contributed by atoms with Gasteiger partial charge in [-0.2, -0.15) is 11.8 Å². The van der Waals surface area contributed by atoms with Crippen molar-refractivity contribution >= 4 is 11.8 Å². The van der Waals surface area contributed by atoms with Crippen molar-refractivity contribution in [1.29, 1.82) is 0 Å². The molecule has 0 bridgehead atoms. The highest BCUT2D eigenvalue weighted by atomic mass is 32.2. The summed E-state index contributed by atoms with van der Waals surface area (Å²) in [6, 6.07) is 4.81. The average molecular weight is 252 g/mol. The molecule has 0 aliphatic heterocycles. The molecule has 0 heterocycles. The number of aliphatic hydroxyl groups excluding tert-OH is 1. The molecular weight excluding hydrogens is 235 g/mol. The molecule has 0 radical (unpaired) electrons. The summed E-state index contributed by atoms with van der Waals surface area (Å²) in [5.41, 5.74) is 1.57. The fraction of sp³-hybridized carbons (Fsp3) is 0.429. The summed E-state index contributed by atoms with van der Waals surface area (Å²) in [6.45, 7) is 4.10. The molecule has 0 saturated heterocycles. The van der Waals surface area contributed by atoms with Crippen molar-refractivity contribution in [2.75, 3.05) is 6.61 Å². The summed E-state index contributed by atoms with van der Waals surface area (Å²) < 4.78 is 13.3. The summed E-state index contributed by atoms with van der Waals surface area (Å²) in [7, 11) is 0. The monoisotopic (exact) mass is 252 g/mol. The Morgan fingerprint density at radius 3 is 2.82 bits per heavy atom. The molecule has 1 aromatic carbocycles. The van der Waals surface area contributed by atoms with E-state index in [1.165, 1.54) is 6.07 Å². The van der Waals surface area contributed by atoms with Gasteiger partial charge in [-0.3, -0.25) is 0 Å². The van der Waals surface area contributed by atoms with Crippen molar-refractivity contribution in [2.24, 2.45) is 0 Å². The molecule has 17 heavy (non-hydrogen) atoms. The Balaban J connectivity index is 2.75. The van der Waals surface area contributed by atoms with Gasteiger partial charge in [0.25, 0.3) is 0 Å². The molecule has 1 atom stereocenters. The van der Waals surface area contributed by atoms with E-state index in [4.69, 9.17) is 5.11 Å². The standard InChI is InChI=1S/C14H17FOS/c1-3-11(2)17-10-13-7-12(5-4-6-16)8-14(15)9-13/h7-9,11,16H,3,6,10H2,1-2H3. The lowest BCUT2D eigenvalue weighted by molar-refractivity contribution is 0.350. The number of aliphatic hydroxyl groups is 1. The van der Waals surface area contributed by atoms with E-state index in [-0.39, 0.29) is 12.4 Å². The molecule has 1 rings (SSSR count). The van der Waals surface area contributed by atoms with E-state index in [0.29, 0.717) is 10.8 Å². The van der Waals surface area contributed by atoms with Crippen LogP contribution in [0.15, 0.2) is 18.2 Å². The minimum atomic E-state index is -0.269. The first kappa shape index (κ1) is 14.1. The van der Waals surface area contributed by atoms with Crippen LogP contribution in [0.3, 0.4) is 0 Å². The molecule has 1 aromatic rings.